The topological polar surface area (TPSA) is 9.23 Å². The molecule has 0 unspecified atom stereocenters. The van der Waals surface area contributed by atoms with Gasteiger partial charge in [-0.05, 0) is 54.2 Å². The minimum Gasteiger partial charge on any atom is -0.496 e. The van der Waals surface area contributed by atoms with Crippen molar-refractivity contribution in [1.29, 1.82) is 0 Å². The maximum atomic E-state index is 5.36. The first-order chi connectivity index (χ1) is 10.2. The summed E-state index contributed by atoms with van der Waals surface area (Å²) in [6.45, 7) is 6.45. The minimum absolute atomic E-state index is 0.952. The van der Waals surface area contributed by atoms with E-state index >= 15 is 0 Å². The van der Waals surface area contributed by atoms with Crippen LogP contribution < -0.4 is 4.74 Å². The van der Waals surface area contributed by atoms with Crippen molar-refractivity contribution >= 4 is 12.2 Å². The summed E-state index contributed by atoms with van der Waals surface area (Å²) in [5.41, 5.74) is 6.37. The van der Waals surface area contributed by atoms with E-state index < -0.39 is 0 Å². The molecule has 0 saturated carbocycles. The highest BCUT2D eigenvalue weighted by atomic mass is 16.5. The summed E-state index contributed by atoms with van der Waals surface area (Å²) < 4.78 is 5.36. The summed E-state index contributed by atoms with van der Waals surface area (Å²) in [4.78, 5) is 0. The third-order valence-corrected chi connectivity index (χ3v) is 3.97. The molecule has 0 saturated heterocycles. The van der Waals surface area contributed by atoms with E-state index in [1.807, 2.05) is 6.07 Å². The van der Waals surface area contributed by atoms with Crippen LogP contribution in [0.3, 0.4) is 0 Å². The first kappa shape index (κ1) is 15.4. The first-order valence-corrected chi connectivity index (χ1v) is 7.57. The Balaban J connectivity index is 2.19. The molecule has 21 heavy (non-hydrogen) atoms. The number of ether oxygens (including phenoxy) is 1. The molecule has 0 radical (unpaired) electrons. The van der Waals surface area contributed by atoms with Gasteiger partial charge < -0.3 is 4.74 Å². The predicted molar refractivity (Wildman–Crippen MR) is 91.8 cm³/mol. The summed E-state index contributed by atoms with van der Waals surface area (Å²) >= 11 is 0. The van der Waals surface area contributed by atoms with Crippen LogP contribution in [0.5, 0.6) is 5.75 Å². The molecule has 110 valence electrons. The molecule has 0 spiro atoms. The van der Waals surface area contributed by atoms with Gasteiger partial charge in [0.25, 0.3) is 0 Å². The fourth-order valence-electron chi connectivity index (χ4n) is 2.49. The molecule has 2 aromatic rings. The molecule has 0 aliphatic heterocycles. The Hall–Kier alpha value is -2.02. The van der Waals surface area contributed by atoms with Crippen molar-refractivity contribution in [3.63, 3.8) is 0 Å². The van der Waals surface area contributed by atoms with Crippen LogP contribution in [0.15, 0.2) is 36.4 Å². The highest BCUT2D eigenvalue weighted by Gasteiger charge is 2.04. The second kappa shape index (κ2) is 7.12. The molecule has 2 rings (SSSR count). The van der Waals surface area contributed by atoms with Crippen LogP contribution in [0.2, 0.25) is 0 Å². The lowest BCUT2D eigenvalue weighted by atomic mass is 10.0. The van der Waals surface area contributed by atoms with Gasteiger partial charge >= 0.3 is 0 Å². The van der Waals surface area contributed by atoms with Crippen LogP contribution in [0, 0.1) is 13.8 Å². The molecule has 0 bridgehead atoms. The number of hydrogen-bond acceptors (Lipinski definition) is 1. The van der Waals surface area contributed by atoms with Gasteiger partial charge in [-0.15, -0.1) is 0 Å². The second-order valence-electron chi connectivity index (χ2n) is 5.43. The maximum Gasteiger partial charge on any atom is 0.122 e. The molecule has 0 heterocycles. The third-order valence-electron chi connectivity index (χ3n) is 3.97. The lowest BCUT2D eigenvalue weighted by Crippen LogP contribution is -1.92. The van der Waals surface area contributed by atoms with Crippen molar-refractivity contribution in [2.45, 2.75) is 33.6 Å². The van der Waals surface area contributed by atoms with Gasteiger partial charge in [-0.3, -0.25) is 0 Å². The van der Waals surface area contributed by atoms with E-state index in [1.54, 1.807) is 7.11 Å². The van der Waals surface area contributed by atoms with Gasteiger partial charge in [0.1, 0.15) is 5.75 Å². The van der Waals surface area contributed by atoms with Gasteiger partial charge in [-0.2, -0.15) is 0 Å². The van der Waals surface area contributed by atoms with Gasteiger partial charge in [-0.1, -0.05) is 55.8 Å². The average Bonchev–Trinajstić information content (AvgIpc) is 2.50. The number of aryl methyl sites for hydroxylation is 1. The average molecular weight is 280 g/mol. The molecule has 0 fully saturated rings. The summed E-state index contributed by atoms with van der Waals surface area (Å²) in [5, 5.41) is 0. The fraction of sp³-hybridized carbons (Fsp3) is 0.300. The Morgan fingerprint density at radius 3 is 2.24 bits per heavy atom. The molecule has 1 nitrogen and oxygen atoms in total. The van der Waals surface area contributed by atoms with E-state index in [2.05, 4.69) is 63.3 Å². The predicted octanol–water partition coefficient (Wildman–Crippen LogP) is 5.43. The molecule has 0 atom stereocenters. The summed E-state index contributed by atoms with van der Waals surface area (Å²) in [6, 6.07) is 13.0. The van der Waals surface area contributed by atoms with Crippen molar-refractivity contribution in [2.24, 2.45) is 0 Å². The molecule has 0 N–H and O–H groups in total. The monoisotopic (exact) mass is 280 g/mol. The van der Waals surface area contributed by atoms with Crippen molar-refractivity contribution in [3.05, 3.63) is 64.2 Å². The normalized spacial score (nSPS) is 11.0. The van der Waals surface area contributed by atoms with Crippen LogP contribution in [0.1, 0.15) is 41.2 Å². The number of methoxy groups -OCH3 is 1. The molecule has 0 aromatic heterocycles. The third kappa shape index (κ3) is 3.75. The smallest absolute Gasteiger partial charge is 0.122 e. The zero-order valence-corrected chi connectivity index (χ0v) is 13.4. The van der Waals surface area contributed by atoms with E-state index in [1.165, 1.54) is 34.2 Å². The molecular formula is C20H24O. The van der Waals surface area contributed by atoms with Crippen LogP contribution in [-0.4, -0.2) is 7.11 Å². The highest BCUT2D eigenvalue weighted by Crippen LogP contribution is 2.25. The molecule has 0 amide bonds. The largest absolute Gasteiger partial charge is 0.496 e. The zero-order valence-electron chi connectivity index (χ0n) is 13.4. The highest BCUT2D eigenvalue weighted by molar-refractivity contribution is 5.72. The summed E-state index contributed by atoms with van der Waals surface area (Å²) in [5.74, 6) is 0.952. The van der Waals surface area contributed by atoms with Crippen molar-refractivity contribution in [3.8, 4) is 5.75 Å². The van der Waals surface area contributed by atoms with Crippen LogP contribution in [0.4, 0.5) is 0 Å². The Morgan fingerprint density at radius 2 is 1.62 bits per heavy atom. The summed E-state index contributed by atoms with van der Waals surface area (Å²) in [6.07, 6.45) is 6.70. The Bertz CT molecular complexity index is 621. The van der Waals surface area contributed by atoms with Gasteiger partial charge in [0.2, 0.25) is 0 Å². The van der Waals surface area contributed by atoms with Gasteiger partial charge in [-0.25, -0.2) is 0 Å². The second-order valence-corrected chi connectivity index (χ2v) is 5.43. The molecule has 0 aliphatic carbocycles. The van der Waals surface area contributed by atoms with Gasteiger partial charge in [0, 0.05) is 0 Å². The van der Waals surface area contributed by atoms with Crippen molar-refractivity contribution < 1.29 is 4.74 Å². The number of rotatable bonds is 5. The van der Waals surface area contributed by atoms with E-state index in [9.17, 15) is 0 Å². The number of benzene rings is 2. The van der Waals surface area contributed by atoms with Crippen molar-refractivity contribution in [1.82, 2.24) is 0 Å². The molecule has 0 aliphatic rings. The molecule has 1 heteroatoms. The van der Waals surface area contributed by atoms with Gasteiger partial charge in [0.05, 0.1) is 7.11 Å². The van der Waals surface area contributed by atoms with E-state index in [-0.39, 0.29) is 0 Å². The standard InChI is InChI=1S/C20H24O/c1-5-6-17-7-9-18(10-8-17)11-12-19-13-14-20(21-4)16(3)15(19)2/h7-14H,5-6H2,1-4H3. The van der Waals surface area contributed by atoms with Crippen molar-refractivity contribution in [2.75, 3.05) is 7.11 Å². The van der Waals surface area contributed by atoms with Gasteiger partial charge in [0.15, 0.2) is 0 Å². The lowest BCUT2D eigenvalue weighted by molar-refractivity contribution is 0.411. The Kier molecular flexibility index (Phi) is 5.21. The Labute approximate surface area is 128 Å². The maximum absolute atomic E-state index is 5.36. The lowest BCUT2D eigenvalue weighted by Gasteiger charge is -2.10. The molecular weight excluding hydrogens is 256 g/mol. The van der Waals surface area contributed by atoms with Crippen LogP contribution >= 0.6 is 0 Å². The number of hydrogen-bond donors (Lipinski definition) is 0. The minimum atomic E-state index is 0.952. The van der Waals surface area contributed by atoms with Crippen LogP contribution in [-0.2, 0) is 6.42 Å². The molecule has 2 aromatic carbocycles. The van der Waals surface area contributed by atoms with E-state index in [0.717, 1.165) is 12.2 Å². The first-order valence-electron chi connectivity index (χ1n) is 7.57. The van der Waals surface area contributed by atoms with E-state index in [0.29, 0.717) is 0 Å². The van der Waals surface area contributed by atoms with E-state index in [4.69, 9.17) is 4.74 Å². The fourth-order valence-corrected chi connectivity index (χ4v) is 2.49. The quantitative estimate of drug-likeness (QED) is 0.663. The van der Waals surface area contributed by atoms with Crippen LogP contribution in [0.25, 0.3) is 12.2 Å². The summed E-state index contributed by atoms with van der Waals surface area (Å²) in [7, 11) is 1.72. The Morgan fingerprint density at radius 1 is 0.905 bits per heavy atom. The SMILES string of the molecule is CCCc1ccc(C=Cc2ccc(OC)c(C)c2C)cc1. The zero-order chi connectivity index (χ0) is 15.2.